The van der Waals surface area contributed by atoms with Gasteiger partial charge in [-0.05, 0) is 38.5 Å². The average Bonchev–Trinajstić information content (AvgIpc) is 3.90. The highest BCUT2D eigenvalue weighted by Gasteiger charge is 2.51. The first-order valence-corrected chi connectivity index (χ1v) is 25.5. The van der Waals surface area contributed by atoms with Gasteiger partial charge in [0.2, 0.25) is 29.5 Å². The average molecular weight is 1040 g/mol. The lowest BCUT2D eigenvalue weighted by molar-refractivity contribution is -0.344. The van der Waals surface area contributed by atoms with Crippen molar-refractivity contribution in [1.29, 1.82) is 0 Å². The molecular weight excluding hydrogens is 963 g/mol. The number of urea groups is 1. The summed E-state index contributed by atoms with van der Waals surface area (Å²) in [6.45, 7) is 3.83. The van der Waals surface area contributed by atoms with E-state index in [1.165, 1.54) is 13.8 Å². The summed E-state index contributed by atoms with van der Waals surface area (Å²) in [5.74, 6) is -0.741. The first kappa shape index (κ1) is 60.0. The number of hydrogen-bond donors (Lipinski definition) is 13. The fourth-order valence-electron chi connectivity index (χ4n) is 8.33. The minimum atomic E-state index is -1.82. The van der Waals surface area contributed by atoms with Crippen LogP contribution in [0.15, 0.2) is 0 Å². The Bertz CT molecular complexity index is 1640. The smallest absolute Gasteiger partial charge is 0.315 e. The SMILES string of the molecule is CC(=O)N[C@H]1[C@@H](OCCCC[C@H](NC(C)=O)C(=O)NCCCNC(=O)CCOCCOCCOCCNC(=O)CCCC[C@@H]2SC[C@@H]3NC(=O)N[C@@H]32)O[C@H](CO)[C@H](O)[C@@H]1O[C@@H]1O[C@H](CO)[C@H](O)[C@H](O)[C@H]1O. The predicted molar refractivity (Wildman–Crippen MR) is 250 cm³/mol. The van der Waals surface area contributed by atoms with Crippen molar-refractivity contribution in [1.82, 2.24) is 37.2 Å². The maximum Gasteiger partial charge on any atom is 0.315 e. The number of carbonyl (C=O) groups is 6. The molecule has 4 aliphatic rings. The molecule has 0 bridgehead atoms. The summed E-state index contributed by atoms with van der Waals surface area (Å²) in [6, 6.07) is -1.82. The lowest BCUT2D eigenvalue weighted by atomic mass is 9.95. The molecule has 4 saturated heterocycles. The van der Waals surface area contributed by atoms with E-state index in [-0.39, 0.29) is 62.5 Å². The topological polar surface area (TPSA) is 373 Å². The van der Waals surface area contributed by atoms with E-state index in [4.69, 9.17) is 33.2 Å². The predicted octanol–water partition coefficient (Wildman–Crippen LogP) is -4.65. The fourth-order valence-corrected chi connectivity index (χ4v) is 9.87. The van der Waals surface area contributed by atoms with Gasteiger partial charge < -0.3 is 101 Å². The van der Waals surface area contributed by atoms with Gasteiger partial charge in [-0.1, -0.05) is 6.42 Å². The van der Waals surface area contributed by atoms with Gasteiger partial charge in [0.15, 0.2) is 12.6 Å². The van der Waals surface area contributed by atoms with Crippen LogP contribution in [-0.2, 0) is 57.1 Å². The summed E-state index contributed by atoms with van der Waals surface area (Å²) < 4.78 is 39.3. The van der Waals surface area contributed by atoms with Crippen molar-refractivity contribution in [2.24, 2.45) is 0 Å². The normalized spacial score (nSPS) is 29.6. The third-order valence-electron chi connectivity index (χ3n) is 12.1. The molecule has 0 aromatic rings. The summed E-state index contributed by atoms with van der Waals surface area (Å²) >= 11 is 1.87. The molecule has 27 heteroatoms. The van der Waals surface area contributed by atoms with Gasteiger partial charge >= 0.3 is 6.03 Å². The third-order valence-corrected chi connectivity index (χ3v) is 13.6. The van der Waals surface area contributed by atoms with E-state index >= 15 is 0 Å². The standard InChI is InChI=1S/C44H77N7O19S/c1-25(54)48-27(8-5-6-15-67-42-35(49-26(2)55)40(37(59)30(23-53)68-42)70-43-39(61)38(60)36(58)29(22-52)69-43)41(62)47-13-7-12-45-33(57)11-16-64-18-20-66-21-19-65-17-14-46-32(56)10-4-3-9-31-34-28(24-71-31)50-44(63)51-34/h27-31,34-40,42-43,52-53,58-61H,3-24H2,1-2H3,(H,45,57)(H,46,56)(H,47,62)(H,48,54)(H,49,55)(H2,50,51,63)/t27-,28-,29+,30+,31-,34-,35+,36-,37-,38-,39+,40+,42-,43-/m0/s1. The van der Waals surface area contributed by atoms with Crippen LogP contribution in [0.1, 0.15) is 71.6 Å². The molecule has 4 aliphatic heterocycles. The van der Waals surface area contributed by atoms with Crippen molar-refractivity contribution in [3.05, 3.63) is 0 Å². The number of unbranched alkanes of at least 4 members (excludes halogenated alkanes) is 2. The molecule has 26 nitrogen and oxygen atoms in total. The van der Waals surface area contributed by atoms with E-state index in [0.717, 1.165) is 25.0 Å². The van der Waals surface area contributed by atoms with E-state index in [1.807, 2.05) is 11.8 Å². The summed E-state index contributed by atoms with van der Waals surface area (Å²) in [7, 11) is 0. The third kappa shape index (κ3) is 20.7. The minimum Gasteiger partial charge on any atom is -0.394 e. The van der Waals surface area contributed by atoms with Crippen LogP contribution < -0.4 is 37.2 Å². The first-order chi connectivity index (χ1) is 34.1. The Morgan fingerprint density at radius 1 is 0.690 bits per heavy atom. The molecule has 0 aromatic carbocycles. The number of aliphatic hydroxyl groups excluding tert-OH is 6. The molecule has 4 fully saturated rings. The number of hydrogen-bond acceptors (Lipinski definition) is 20. The van der Waals surface area contributed by atoms with Gasteiger partial charge in [-0.2, -0.15) is 11.8 Å². The van der Waals surface area contributed by atoms with Crippen LogP contribution in [0.2, 0.25) is 0 Å². The molecule has 0 radical (unpaired) electrons. The molecule has 0 aromatic heterocycles. The van der Waals surface area contributed by atoms with Crippen LogP contribution in [0, 0.1) is 0 Å². The summed E-state index contributed by atoms with van der Waals surface area (Å²) in [6.07, 6.45) is -9.30. The molecule has 0 aliphatic carbocycles. The van der Waals surface area contributed by atoms with Crippen molar-refractivity contribution in [2.75, 3.05) is 84.8 Å². The van der Waals surface area contributed by atoms with Crippen LogP contribution >= 0.6 is 11.8 Å². The van der Waals surface area contributed by atoms with Crippen molar-refractivity contribution in [3.63, 3.8) is 0 Å². The molecule has 0 unspecified atom stereocenters. The quantitative estimate of drug-likeness (QED) is 0.0213. The maximum atomic E-state index is 13.0. The number of rotatable bonds is 34. The highest BCUT2D eigenvalue weighted by Crippen LogP contribution is 2.33. The lowest BCUT2D eigenvalue weighted by Gasteiger charge is -2.47. The molecule has 4 rings (SSSR count). The second-order valence-corrected chi connectivity index (χ2v) is 18.9. The number of nitrogens with one attached hydrogen (secondary N) is 7. The van der Waals surface area contributed by atoms with E-state index in [0.29, 0.717) is 77.1 Å². The van der Waals surface area contributed by atoms with Crippen LogP contribution in [0.4, 0.5) is 4.79 Å². The highest BCUT2D eigenvalue weighted by atomic mass is 32.2. The number of thioether (sulfide) groups is 1. The van der Waals surface area contributed by atoms with Crippen molar-refractivity contribution in [2.45, 2.75) is 156 Å². The zero-order chi connectivity index (χ0) is 51.7. The van der Waals surface area contributed by atoms with Gasteiger partial charge in [0.05, 0.1) is 64.9 Å². The van der Waals surface area contributed by atoms with Crippen LogP contribution in [0.3, 0.4) is 0 Å². The Morgan fingerprint density at radius 2 is 1.34 bits per heavy atom. The Balaban J connectivity index is 0.998. The molecule has 4 heterocycles. The van der Waals surface area contributed by atoms with E-state index in [2.05, 4.69) is 37.2 Å². The van der Waals surface area contributed by atoms with E-state index < -0.39 is 98.3 Å². The van der Waals surface area contributed by atoms with Gasteiger partial charge in [0.1, 0.15) is 54.8 Å². The Hall–Kier alpha value is -3.55. The molecule has 14 atom stereocenters. The Morgan fingerprint density at radius 3 is 2.04 bits per heavy atom. The Labute approximate surface area is 417 Å². The molecular formula is C44H77N7O19S. The number of ether oxygens (including phenoxy) is 7. The van der Waals surface area contributed by atoms with Gasteiger partial charge in [-0.15, -0.1) is 0 Å². The van der Waals surface area contributed by atoms with Crippen LogP contribution in [0.5, 0.6) is 0 Å². The molecule has 0 saturated carbocycles. The number of aliphatic hydroxyl groups is 6. The fraction of sp³-hybridized carbons (Fsp3) is 0.864. The molecule has 7 amide bonds. The first-order valence-electron chi connectivity index (χ1n) is 24.4. The second-order valence-electron chi connectivity index (χ2n) is 17.7. The molecule has 13 N–H and O–H groups in total. The zero-order valence-electron chi connectivity index (χ0n) is 40.5. The molecule has 71 heavy (non-hydrogen) atoms. The van der Waals surface area contributed by atoms with Gasteiger partial charge in [0, 0.05) is 63.9 Å². The second kappa shape index (κ2) is 32.6. The van der Waals surface area contributed by atoms with Crippen molar-refractivity contribution in [3.8, 4) is 0 Å². The summed E-state index contributed by atoms with van der Waals surface area (Å²) in [4.78, 5) is 73.0. The lowest BCUT2D eigenvalue weighted by Crippen LogP contribution is -2.68. The zero-order valence-corrected chi connectivity index (χ0v) is 41.4. The maximum absolute atomic E-state index is 13.0. The van der Waals surface area contributed by atoms with Gasteiger partial charge in [-0.3, -0.25) is 24.0 Å². The number of fused-ring (bicyclic) bond motifs is 1. The van der Waals surface area contributed by atoms with Gasteiger partial charge in [0.25, 0.3) is 0 Å². The summed E-state index contributed by atoms with van der Waals surface area (Å²) in [5.41, 5.74) is 0. The Kier molecular flexibility index (Phi) is 27.5. The summed E-state index contributed by atoms with van der Waals surface area (Å²) in [5, 5.41) is 81.3. The number of amides is 7. The minimum absolute atomic E-state index is 0.0127. The molecule has 0 spiro atoms. The van der Waals surface area contributed by atoms with Crippen LogP contribution in [0.25, 0.3) is 0 Å². The van der Waals surface area contributed by atoms with Gasteiger partial charge in [-0.25, -0.2) is 4.79 Å². The van der Waals surface area contributed by atoms with E-state index in [1.54, 1.807) is 0 Å². The van der Waals surface area contributed by atoms with Crippen molar-refractivity contribution >= 4 is 47.3 Å². The van der Waals surface area contributed by atoms with E-state index in [9.17, 15) is 59.4 Å². The van der Waals surface area contributed by atoms with Crippen LogP contribution in [-0.4, -0.2) is 236 Å². The molecule has 408 valence electrons. The highest BCUT2D eigenvalue weighted by molar-refractivity contribution is 8.00. The van der Waals surface area contributed by atoms with Crippen molar-refractivity contribution < 1.29 is 92.6 Å². The largest absolute Gasteiger partial charge is 0.394 e. The monoisotopic (exact) mass is 1040 g/mol. The number of carbonyl (C=O) groups excluding carboxylic acids is 6.